The summed E-state index contributed by atoms with van der Waals surface area (Å²) in [7, 11) is 0. The predicted octanol–water partition coefficient (Wildman–Crippen LogP) is -3.06. The maximum Gasteiger partial charge on any atom is -0.0797 e. The van der Waals surface area contributed by atoms with Crippen LogP contribution >= 0.6 is 0 Å². The molecule has 0 aromatic carbocycles. The highest BCUT2D eigenvalue weighted by Gasteiger charge is 1.35. The predicted molar refractivity (Wildman–Crippen MR) is 11.6 cm³/mol. The Morgan fingerprint density at radius 3 is 1.80 bits per heavy atom. The van der Waals surface area contributed by atoms with Crippen LogP contribution in [0.2, 0.25) is 0 Å². The minimum atomic E-state index is -1.59. The van der Waals surface area contributed by atoms with Gasteiger partial charge in [-0.3, -0.25) is 0 Å². The van der Waals surface area contributed by atoms with Crippen LogP contribution in [0.4, 0.5) is 0 Å². The topological polar surface area (TPSA) is 84.5 Å². The fraction of sp³-hybridized carbons (Fsp3) is 0. The molecule has 0 heterocycles. The number of nitrogens with two attached hydrogens (primary N) is 1. The average molecular weight is 74.0 g/mol. The molecule has 0 rings (SSSR count). The molecule has 5 heavy (non-hydrogen) atoms. The highest BCUT2D eigenvalue weighted by molar-refractivity contribution is 5.55. The standard InChI is InChI=1S/CH4N2O2/c2-3-1(4)5/h2H2,(H2,3,4,5)/p-2. The van der Waals surface area contributed by atoms with Crippen molar-refractivity contribution in [1.29, 1.82) is 0 Å². The van der Waals surface area contributed by atoms with Gasteiger partial charge in [0.25, 0.3) is 0 Å². The fourth-order valence-electron chi connectivity index (χ4n) is 0. The van der Waals surface area contributed by atoms with Gasteiger partial charge in [-0.1, -0.05) is 6.08 Å². The molecule has 2 N–H and O–H groups in total. The lowest BCUT2D eigenvalue weighted by molar-refractivity contribution is -0.384. The second-order valence-electron chi connectivity index (χ2n) is 0.395. The second kappa shape index (κ2) is 1.40. The summed E-state index contributed by atoms with van der Waals surface area (Å²) in [5, 5.41) is 20.1. The zero-order chi connectivity index (χ0) is 4.28. The van der Waals surface area contributed by atoms with Gasteiger partial charge in [-0.05, 0) is 0 Å². The van der Waals surface area contributed by atoms with Crippen molar-refractivity contribution < 1.29 is 10.2 Å². The lowest BCUT2D eigenvalue weighted by Gasteiger charge is -2.09. The van der Waals surface area contributed by atoms with E-state index < -0.39 is 6.08 Å². The number of hydrazone groups is 1. The summed E-state index contributed by atoms with van der Waals surface area (Å²) in [5.41, 5.74) is 0. The van der Waals surface area contributed by atoms with E-state index in [0.717, 1.165) is 0 Å². The first-order valence-electron chi connectivity index (χ1n) is 0.890. The minimum Gasteiger partial charge on any atom is -0.869 e. The van der Waals surface area contributed by atoms with Crippen molar-refractivity contribution in [1.82, 2.24) is 0 Å². The smallest absolute Gasteiger partial charge is 0.0797 e. The van der Waals surface area contributed by atoms with Crippen molar-refractivity contribution in [3.8, 4) is 0 Å². The largest absolute Gasteiger partial charge is 0.869 e. The molecule has 30 valence electrons. The highest BCUT2D eigenvalue weighted by atomic mass is 16.5. The molecular weight excluding hydrogens is 72.0 g/mol. The van der Waals surface area contributed by atoms with E-state index >= 15 is 0 Å². The summed E-state index contributed by atoms with van der Waals surface area (Å²) in [5.74, 6) is 4.13. The number of nitrogens with zero attached hydrogens (tertiary/aromatic N) is 1. The van der Waals surface area contributed by atoms with Crippen molar-refractivity contribution in [3.05, 3.63) is 0 Å². The van der Waals surface area contributed by atoms with Crippen LogP contribution in [0.5, 0.6) is 0 Å². The van der Waals surface area contributed by atoms with E-state index in [0.29, 0.717) is 0 Å². The van der Waals surface area contributed by atoms with Crippen LogP contribution in [0, 0.1) is 0 Å². The molecule has 0 saturated heterocycles. The SMILES string of the molecule is NN=C([O-])[O-]. The summed E-state index contributed by atoms with van der Waals surface area (Å²) in [6.07, 6.45) is -1.59. The van der Waals surface area contributed by atoms with E-state index in [1.165, 1.54) is 0 Å². The first-order chi connectivity index (χ1) is 2.27. The monoisotopic (exact) mass is 74.0 g/mol. The second-order valence-corrected chi connectivity index (χ2v) is 0.395. The van der Waals surface area contributed by atoms with Gasteiger partial charge in [-0.15, -0.1) is 0 Å². The average Bonchev–Trinajstić information content (AvgIpc) is 1.38. The maximum absolute atomic E-state index is 8.97. The van der Waals surface area contributed by atoms with Gasteiger partial charge in [0.2, 0.25) is 0 Å². The lowest BCUT2D eigenvalue weighted by Crippen LogP contribution is -2.32. The zero-order valence-corrected chi connectivity index (χ0v) is 2.34. The summed E-state index contributed by atoms with van der Waals surface area (Å²) in [4.78, 5) is 0. The molecule has 0 unspecified atom stereocenters. The lowest BCUT2D eigenvalue weighted by atomic mass is 11.4. The van der Waals surface area contributed by atoms with Crippen LogP contribution in [0.1, 0.15) is 0 Å². The van der Waals surface area contributed by atoms with Crippen molar-refractivity contribution >= 4 is 6.08 Å². The number of rotatable bonds is 0. The molecule has 0 aromatic heterocycles. The first-order valence-corrected chi connectivity index (χ1v) is 0.890. The molecule has 0 aromatic rings. The van der Waals surface area contributed by atoms with E-state index in [2.05, 4.69) is 10.9 Å². The van der Waals surface area contributed by atoms with Crippen LogP contribution in [0.25, 0.3) is 0 Å². The molecular formula is CH2N2O2-2. The maximum atomic E-state index is 8.97. The molecule has 0 radical (unpaired) electrons. The van der Waals surface area contributed by atoms with Gasteiger partial charge in [0.05, 0.1) is 0 Å². The molecule has 4 nitrogen and oxygen atoms in total. The molecule has 0 aliphatic rings. The minimum absolute atomic E-state index is 1.59. The Morgan fingerprint density at radius 1 is 1.60 bits per heavy atom. The molecule has 0 aliphatic carbocycles. The Bertz CT molecular complexity index is 45.6. The van der Waals surface area contributed by atoms with E-state index in [-0.39, 0.29) is 0 Å². The number of hydrogen-bond donors (Lipinski definition) is 1. The molecule has 0 aliphatic heterocycles. The summed E-state index contributed by atoms with van der Waals surface area (Å²) in [6.45, 7) is 0. The Hall–Kier alpha value is -0.930. The Labute approximate surface area is 28.5 Å². The van der Waals surface area contributed by atoms with Gasteiger partial charge >= 0.3 is 0 Å². The van der Waals surface area contributed by atoms with E-state index in [1.54, 1.807) is 0 Å². The third-order valence-electron chi connectivity index (χ3n) is 0.105. The van der Waals surface area contributed by atoms with Crippen LogP contribution < -0.4 is 16.1 Å². The molecule has 0 atom stereocenters. The highest BCUT2D eigenvalue weighted by Crippen LogP contribution is 1.28. The Kier molecular flexibility index (Phi) is 1.14. The van der Waals surface area contributed by atoms with Gasteiger partial charge in [-0.2, -0.15) is 0 Å². The molecule has 0 amide bonds. The zero-order valence-electron chi connectivity index (χ0n) is 2.34. The molecule has 0 bridgehead atoms. The van der Waals surface area contributed by atoms with Crippen LogP contribution in [-0.4, -0.2) is 6.08 Å². The fourth-order valence-corrected chi connectivity index (χ4v) is 0. The first kappa shape index (κ1) is 4.07. The van der Waals surface area contributed by atoms with Crippen molar-refractivity contribution in [2.24, 2.45) is 10.9 Å². The number of hydrogen-bond acceptors (Lipinski definition) is 4. The molecule has 0 spiro atoms. The normalized spacial score (nSPS) is 6.40. The quantitative estimate of drug-likeness (QED) is 0.143. The third kappa shape index (κ3) is 3.07. The van der Waals surface area contributed by atoms with Gasteiger partial charge in [0.15, 0.2) is 0 Å². The van der Waals surface area contributed by atoms with E-state index in [4.69, 9.17) is 10.2 Å². The molecule has 0 saturated carbocycles. The summed E-state index contributed by atoms with van der Waals surface area (Å²) >= 11 is 0. The summed E-state index contributed by atoms with van der Waals surface area (Å²) in [6, 6.07) is 0. The molecule has 0 fully saturated rings. The van der Waals surface area contributed by atoms with Crippen LogP contribution in [0.15, 0.2) is 5.10 Å². The Morgan fingerprint density at radius 2 is 1.80 bits per heavy atom. The van der Waals surface area contributed by atoms with Crippen LogP contribution in [0.3, 0.4) is 0 Å². The summed E-state index contributed by atoms with van der Waals surface area (Å²) < 4.78 is 0. The molecule has 4 heteroatoms. The van der Waals surface area contributed by atoms with E-state index in [1.807, 2.05) is 0 Å². The van der Waals surface area contributed by atoms with Crippen LogP contribution in [-0.2, 0) is 0 Å². The van der Waals surface area contributed by atoms with Gasteiger partial charge in [0.1, 0.15) is 0 Å². The van der Waals surface area contributed by atoms with Crippen molar-refractivity contribution in [2.75, 3.05) is 0 Å². The van der Waals surface area contributed by atoms with Crippen molar-refractivity contribution in [3.63, 3.8) is 0 Å². The third-order valence-corrected chi connectivity index (χ3v) is 0.105. The van der Waals surface area contributed by atoms with E-state index in [9.17, 15) is 0 Å². The Balaban J connectivity index is 3.14. The van der Waals surface area contributed by atoms with Crippen molar-refractivity contribution in [2.45, 2.75) is 0 Å². The van der Waals surface area contributed by atoms with Gasteiger partial charge in [0, 0.05) is 0 Å². The van der Waals surface area contributed by atoms with Gasteiger partial charge < -0.3 is 16.1 Å². The van der Waals surface area contributed by atoms with Gasteiger partial charge in [-0.25, -0.2) is 5.10 Å².